The smallest absolute Gasteiger partial charge is 0.0468 e. The lowest BCUT2D eigenvalue weighted by molar-refractivity contribution is 0.228. The number of rotatable bonds is 7. The fourth-order valence-corrected chi connectivity index (χ4v) is 2.41. The number of benzene rings is 1. The zero-order valence-corrected chi connectivity index (χ0v) is 11.5. The van der Waals surface area contributed by atoms with Gasteiger partial charge in [-0.15, -0.1) is 0 Å². The normalized spacial score (nSPS) is 18.6. The van der Waals surface area contributed by atoms with Gasteiger partial charge >= 0.3 is 0 Å². The van der Waals surface area contributed by atoms with Crippen molar-refractivity contribution < 1.29 is 5.11 Å². The van der Waals surface area contributed by atoms with E-state index >= 15 is 0 Å². The molecular weight excluding hydrogens is 222 g/mol. The Morgan fingerprint density at radius 1 is 1.39 bits per heavy atom. The third-order valence-electron chi connectivity index (χ3n) is 3.77. The van der Waals surface area contributed by atoms with Crippen molar-refractivity contribution in [3.05, 3.63) is 35.4 Å². The zero-order chi connectivity index (χ0) is 13.0. The molecule has 0 spiro atoms. The van der Waals surface area contributed by atoms with Crippen LogP contribution in [0.25, 0.3) is 0 Å². The maximum absolute atomic E-state index is 9.09. The summed E-state index contributed by atoms with van der Waals surface area (Å²) >= 11 is 0. The highest BCUT2D eigenvalue weighted by Crippen LogP contribution is 2.34. The second-order valence-corrected chi connectivity index (χ2v) is 5.83. The van der Waals surface area contributed by atoms with Crippen molar-refractivity contribution in [2.45, 2.75) is 39.2 Å². The first kappa shape index (κ1) is 13.6. The van der Waals surface area contributed by atoms with E-state index in [2.05, 4.69) is 43.4 Å². The molecule has 2 heteroatoms. The molecule has 18 heavy (non-hydrogen) atoms. The van der Waals surface area contributed by atoms with Gasteiger partial charge in [0.05, 0.1) is 0 Å². The molecule has 1 aliphatic rings. The van der Waals surface area contributed by atoms with Crippen molar-refractivity contribution in [3.8, 4) is 0 Å². The van der Waals surface area contributed by atoms with Crippen molar-refractivity contribution in [3.63, 3.8) is 0 Å². The van der Waals surface area contributed by atoms with E-state index in [-0.39, 0.29) is 6.61 Å². The molecular formula is C16H25NO. The Hall–Kier alpha value is -0.860. The minimum atomic E-state index is 0.273. The first-order chi connectivity index (χ1) is 8.69. The van der Waals surface area contributed by atoms with E-state index in [0.29, 0.717) is 12.0 Å². The van der Waals surface area contributed by atoms with Gasteiger partial charge in [-0.1, -0.05) is 36.8 Å². The molecule has 1 aliphatic carbocycles. The van der Waals surface area contributed by atoms with Gasteiger partial charge in [-0.2, -0.15) is 0 Å². The van der Waals surface area contributed by atoms with E-state index in [1.165, 1.54) is 24.0 Å². The van der Waals surface area contributed by atoms with Crippen LogP contribution in [0.1, 0.15) is 30.9 Å². The van der Waals surface area contributed by atoms with Crippen molar-refractivity contribution in [1.82, 2.24) is 5.32 Å². The predicted molar refractivity (Wildman–Crippen MR) is 75.6 cm³/mol. The SMILES string of the molecule is Cc1cccc(CC(NCC(C)CO)C2CC2)c1. The van der Waals surface area contributed by atoms with Gasteiger partial charge in [0.2, 0.25) is 0 Å². The van der Waals surface area contributed by atoms with Crippen LogP contribution in [0.15, 0.2) is 24.3 Å². The molecule has 1 fully saturated rings. The molecule has 0 saturated heterocycles. The molecule has 2 N–H and O–H groups in total. The summed E-state index contributed by atoms with van der Waals surface area (Å²) in [4.78, 5) is 0. The Labute approximate surface area is 110 Å². The first-order valence-electron chi connectivity index (χ1n) is 7.09. The van der Waals surface area contributed by atoms with Gasteiger partial charge in [-0.25, -0.2) is 0 Å². The topological polar surface area (TPSA) is 32.3 Å². The van der Waals surface area contributed by atoms with Gasteiger partial charge < -0.3 is 10.4 Å². The molecule has 1 aromatic rings. The number of hydrogen-bond donors (Lipinski definition) is 2. The number of hydrogen-bond acceptors (Lipinski definition) is 2. The second kappa shape index (κ2) is 6.35. The van der Waals surface area contributed by atoms with Crippen LogP contribution >= 0.6 is 0 Å². The molecule has 0 amide bonds. The van der Waals surface area contributed by atoms with Gasteiger partial charge in [0.15, 0.2) is 0 Å². The van der Waals surface area contributed by atoms with E-state index in [1.54, 1.807) is 0 Å². The number of aliphatic hydroxyl groups excluding tert-OH is 1. The van der Waals surface area contributed by atoms with E-state index in [4.69, 9.17) is 5.11 Å². The molecule has 100 valence electrons. The largest absolute Gasteiger partial charge is 0.396 e. The van der Waals surface area contributed by atoms with Crippen LogP contribution in [0.2, 0.25) is 0 Å². The van der Waals surface area contributed by atoms with Crippen molar-refractivity contribution in [1.29, 1.82) is 0 Å². The van der Waals surface area contributed by atoms with Gasteiger partial charge in [-0.3, -0.25) is 0 Å². The molecule has 0 aromatic heterocycles. The Morgan fingerprint density at radius 3 is 2.78 bits per heavy atom. The third-order valence-corrected chi connectivity index (χ3v) is 3.77. The molecule has 1 saturated carbocycles. The van der Waals surface area contributed by atoms with E-state index in [0.717, 1.165) is 18.9 Å². The van der Waals surface area contributed by atoms with Crippen LogP contribution < -0.4 is 5.32 Å². The summed E-state index contributed by atoms with van der Waals surface area (Å²) in [5.74, 6) is 1.19. The number of aliphatic hydroxyl groups is 1. The van der Waals surface area contributed by atoms with Crippen LogP contribution in [0.5, 0.6) is 0 Å². The summed E-state index contributed by atoms with van der Waals surface area (Å²) in [6.07, 6.45) is 3.83. The lowest BCUT2D eigenvalue weighted by Gasteiger charge is -2.20. The third kappa shape index (κ3) is 4.11. The van der Waals surface area contributed by atoms with Crippen molar-refractivity contribution in [2.24, 2.45) is 11.8 Å². The monoisotopic (exact) mass is 247 g/mol. The van der Waals surface area contributed by atoms with E-state index < -0.39 is 0 Å². The average Bonchev–Trinajstić information content (AvgIpc) is 3.18. The summed E-state index contributed by atoms with van der Waals surface area (Å²) < 4.78 is 0. The van der Waals surface area contributed by atoms with Gasteiger partial charge in [0.25, 0.3) is 0 Å². The second-order valence-electron chi connectivity index (χ2n) is 5.83. The van der Waals surface area contributed by atoms with Crippen LogP contribution in [-0.2, 0) is 6.42 Å². The molecule has 0 radical (unpaired) electrons. The molecule has 2 nitrogen and oxygen atoms in total. The Kier molecular flexibility index (Phi) is 4.79. The fourth-order valence-electron chi connectivity index (χ4n) is 2.41. The lowest BCUT2D eigenvalue weighted by Crippen LogP contribution is -2.36. The molecule has 2 unspecified atom stereocenters. The molecule has 0 bridgehead atoms. The van der Waals surface area contributed by atoms with E-state index in [1.807, 2.05) is 0 Å². The maximum Gasteiger partial charge on any atom is 0.0468 e. The highest BCUT2D eigenvalue weighted by atomic mass is 16.3. The minimum Gasteiger partial charge on any atom is -0.396 e. The number of nitrogens with one attached hydrogen (secondary N) is 1. The van der Waals surface area contributed by atoms with Crippen LogP contribution in [0.3, 0.4) is 0 Å². The van der Waals surface area contributed by atoms with Crippen molar-refractivity contribution >= 4 is 0 Å². The molecule has 1 aromatic carbocycles. The summed E-state index contributed by atoms with van der Waals surface area (Å²) in [6.45, 7) is 5.43. The van der Waals surface area contributed by atoms with Gasteiger partial charge in [0.1, 0.15) is 0 Å². The predicted octanol–water partition coefficient (Wildman–Crippen LogP) is 2.53. The highest BCUT2D eigenvalue weighted by molar-refractivity contribution is 5.23. The maximum atomic E-state index is 9.09. The van der Waals surface area contributed by atoms with Crippen LogP contribution in [0.4, 0.5) is 0 Å². The molecule has 0 aliphatic heterocycles. The highest BCUT2D eigenvalue weighted by Gasteiger charge is 2.30. The number of aryl methyl sites for hydroxylation is 1. The standard InChI is InChI=1S/C16H25NO/c1-12-4-3-5-14(8-12)9-16(15-6-7-15)17-10-13(2)11-18/h3-5,8,13,15-18H,6-7,9-11H2,1-2H3. The van der Waals surface area contributed by atoms with Gasteiger partial charge in [-0.05, 0) is 43.6 Å². The Bertz CT molecular complexity index is 373. The van der Waals surface area contributed by atoms with Crippen molar-refractivity contribution in [2.75, 3.05) is 13.2 Å². The quantitative estimate of drug-likeness (QED) is 0.776. The van der Waals surface area contributed by atoms with Gasteiger partial charge in [0, 0.05) is 19.2 Å². The van der Waals surface area contributed by atoms with Crippen LogP contribution in [-0.4, -0.2) is 24.3 Å². The summed E-state index contributed by atoms with van der Waals surface area (Å²) in [7, 11) is 0. The lowest BCUT2D eigenvalue weighted by atomic mass is 10.00. The minimum absolute atomic E-state index is 0.273. The summed E-state index contributed by atoms with van der Waals surface area (Å²) in [5, 5.41) is 12.7. The molecule has 2 atom stereocenters. The first-order valence-corrected chi connectivity index (χ1v) is 7.09. The van der Waals surface area contributed by atoms with E-state index in [9.17, 15) is 0 Å². The fraction of sp³-hybridized carbons (Fsp3) is 0.625. The average molecular weight is 247 g/mol. The molecule has 2 rings (SSSR count). The Balaban J connectivity index is 1.90. The summed E-state index contributed by atoms with van der Waals surface area (Å²) in [6, 6.07) is 9.38. The summed E-state index contributed by atoms with van der Waals surface area (Å²) in [5.41, 5.74) is 2.77. The molecule has 0 heterocycles. The Morgan fingerprint density at radius 2 is 2.17 bits per heavy atom. The zero-order valence-electron chi connectivity index (χ0n) is 11.5. The van der Waals surface area contributed by atoms with Crippen LogP contribution in [0, 0.1) is 18.8 Å².